The fraction of sp³-hybridized carbons (Fsp3) is 0.333. The standard InChI is InChI=1S/C27H31ClN2O/c1-20-3-5-21(6-4-20)19-29-25-15-17-30(18-16-25)27(22-7-11-24(28)12-8-22)23-9-13-26(31-2)14-10-23/h3-14,25,27,29H,15-19H2,1-2H3. The van der Waals surface area contributed by atoms with Crippen molar-refractivity contribution < 1.29 is 4.74 Å². The molecule has 4 heteroatoms. The lowest BCUT2D eigenvalue weighted by Crippen LogP contribution is -2.43. The third-order valence-electron chi connectivity index (χ3n) is 6.23. The Labute approximate surface area is 191 Å². The molecule has 1 N–H and O–H groups in total. The van der Waals surface area contributed by atoms with Crippen LogP contribution in [-0.2, 0) is 6.54 Å². The molecule has 1 aliphatic rings. The first-order chi connectivity index (χ1) is 15.1. The molecule has 4 rings (SSSR count). The Bertz CT molecular complexity index is 946. The molecule has 0 aliphatic carbocycles. The van der Waals surface area contributed by atoms with Gasteiger partial charge >= 0.3 is 0 Å². The van der Waals surface area contributed by atoms with Gasteiger partial charge in [-0.15, -0.1) is 0 Å². The Morgan fingerprint density at radius 1 is 0.903 bits per heavy atom. The van der Waals surface area contributed by atoms with Gasteiger partial charge < -0.3 is 10.1 Å². The van der Waals surface area contributed by atoms with Crippen molar-refractivity contribution in [3.05, 3.63) is 100 Å². The Balaban J connectivity index is 1.43. The van der Waals surface area contributed by atoms with Gasteiger partial charge in [0.15, 0.2) is 0 Å². The van der Waals surface area contributed by atoms with Crippen molar-refractivity contribution in [3.8, 4) is 5.75 Å². The predicted octanol–water partition coefficient (Wildman–Crippen LogP) is 6.00. The van der Waals surface area contributed by atoms with Crippen LogP contribution >= 0.6 is 11.6 Å². The van der Waals surface area contributed by atoms with E-state index in [0.29, 0.717) is 6.04 Å². The minimum absolute atomic E-state index is 0.223. The van der Waals surface area contributed by atoms with Crippen molar-refractivity contribution >= 4 is 11.6 Å². The number of hydrogen-bond acceptors (Lipinski definition) is 3. The number of halogens is 1. The monoisotopic (exact) mass is 434 g/mol. The lowest BCUT2D eigenvalue weighted by Gasteiger charge is -2.38. The van der Waals surface area contributed by atoms with E-state index in [1.165, 1.54) is 22.3 Å². The summed E-state index contributed by atoms with van der Waals surface area (Å²) in [4.78, 5) is 2.59. The van der Waals surface area contributed by atoms with Gasteiger partial charge in [-0.25, -0.2) is 0 Å². The predicted molar refractivity (Wildman–Crippen MR) is 129 cm³/mol. The van der Waals surface area contributed by atoms with E-state index in [1.807, 2.05) is 24.3 Å². The molecule has 3 aromatic carbocycles. The summed E-state index contributed by atoms with van der Waals surface area (Å²) in [6.07, 6.45) is 2.29. The van der Waals surface area contributed by atoms with Gasteiger partial charge in [0.05, 0.1) is 13.2 Å². The van der Waals surface area contributed by atoms with Crippen molar-refractivity contribution in [2.24, 2.45) is 0 Å². The molecule has 0 spiro atoms. The summed E-state index contributed by atoms with van der Waals surface area (Å²) in [5, 5.41) is 4.53. The summed E-state index contributed by atoms with van der Waals surface area (Å²) < 4.78 is 5.36. The number of methoxy groups -OCH3 is 1. The molecule has 3 aromatic rings. The van der Waals surface area contributed by atoms with Gasteiger partial charge in [-0.1, -0.05) is 65.7 Å². The highest BCUT2D eigenvalue weighted by atomic mass is 35.5. The zero-order chi connectivity index (χ0) is 21.6. The number of hydrogen-bond donors (Lipinski definition) is 1. The number of piperidine rings is 1. The largest absolute Gasteiger partial charge is 0.497 e. The van der Waals surface area contributed by atoms with Crippen LogP contribution in [0.1, 0.15) is 41.1 Å². The summed E-state index contributed by atoms with van der Waals surface area (Å²) in [5.74, 6) is 0.887. The summed E-state index contributed by atoms with van der Waals surface area (Å²) >= 11 is 6.16. The summed E-state index contributed by atoms with van der Waals surface area (Å²) in [5.41, 5.74) is 5.23. The van der Waals surface area contributed by atoms with E-state index in [9.17, 15) is 0 Å². The van der Waals surface area contributed by atoms with Crippen LogP contribution in [-0.4, -0.2) is 31.1 Å². The molecule has 1 fully saturated rings. The molecule has 0 aromatic heterocycles. The molecule has 1 atom stereocenters. The van der Waals surface area contributed by atoms with E-state index in [2.05, 4.69) is 65.7 Å². The van der Waals surface area contributed by atoms with Crippen LogP contribution in [0.4, 0.5) is 0 Å². The number of rotatable bonds is 7. The van der Waals surface area contributed by atoms with E-state index < -0.39 is 0 Å². The zero-order valence-corrected chi connectivity index (χ0v) is 19.1. The molecule has 1 saturated heterocycles. The van der Waals surface area contributed by atoms with E-state index in [4.69, 9.17) is 16.3 Å². The molecule has 31 heavy (non-hydrogen) atoms. The molecule has 162 valence electrons. The molecule has 0 radical (unpaired) electrons. The van der Waals surface area contributed by atoms with Gasteiger partial charge in [-0.05, 0) is 60.7 Å². The summed E-state index contributed by atoms with van der Waals surface area (Å²) in [7, 11) is 1.71. The van der Waals surface area contributed by atoms with Crippen molar-refractivity contribution in [2.75, 3.05) is 20.2 Å². The Hall–Kier alpha value is -2.33. The zero-order valence-electron chi connectivity index (χ0n) is 18.4. The van der Waals surface area contributed by atoms with E-state index in [-0.39, 0.29) is 6.04 Å². The molecule has 1 heterocycles. The van der Waals surface area contributed by atoms with E-state index in [1.54, 1.807) is 7.11 Å². The normalized spacial score (nSPS) is 16.2. The number of ether oxygens (including phenoxy) is 1. The second-order valence-electron chi connectivity index (χ2n) is 8.40. The molecule has 1 unspecified atom stereocenters. The number of benzene rings is 3. The van der Waals surface area contributed by atoms with E-state index >= 15 is 0 Å². The lowest BCUT2D eigenvalue weighted by atomic mass is 9.93. The number of aryl methyl sites for hydroxylation is 1. The fourth-order valence-electron chi connectivity index (χ4n) is 4.38. The number of nitrogens with zero attached hydrogens (tertiary/aromatic N) is 1. The minimum atomic E-state index is 0.223. The molecule has 0 saturated carbocycles. The average Bonchev–Trinajstić information content (AvgIpc) is 2.81. The van der Waals surface area contributed by atoms with Crippen LogP contribution in [0.15, 0.2) is 72.8 Å². The van der Waals surface area contributed by atoms with Gasteiger partial charge in [0, 0.05) is 30.7 Å². The topological polar surface area (TPSA) is 24.5 Å². The Morgan fingerprint density at radius 2 is 1.48 bits per heavy atom. The van der Waals surface area contributed by atoms with Gasteiger partial charge in [-0.3, -0.25) is 4.90 Å². The highest BCUT2D eigenvalue weighted by molar-refractivity contribution is 6.30. The summed E-state index contributed by atoms with van der Waals surface area (Å²) in [6, 6.07) is 26.3. The maximum atomic E-state index is 6.16. The van der Waals surface area contributed by atoms with E-state index in [0.717, 1.165) is 43.2 Å². The molecule has 0 bridgehead atoms. The lowest BCUT2D eigenvalue weighted by molar-refractivity contribution is 0.162. The smallest absolute Gasteiger partial charge is 0.118 e. The van der Waals surface area contributed by atoms with Crippen molar-refractivity contribution in [1.82, 2.24) is 10.2 Å². The van der Waals surface area contributed by atoms with Gasteiger partial charge in [0.2, 0.25) is 0 Å². The van der Waals surface area contributed by atoms with Gasteiger partial charge in [0.25, 0.3) is 0 Å². The van der Waals surface area contributed by atoms with Crippen LogP contribution in [0, 0.1) is 6.92 Å². The quantitative estimate of drug-likeness (QED) is 0.493. The van der Waals surface area contributed by atoms with Gasteiger partial charge in [-0.2, -0.15) is 0 Å². The molecule has 0 amide bonds. The SMILES string of the molecule is COc1ccc(C(c2ccc(Cl)cc2)N2CCC(NCc3ccc(C)cc3)CC2)cc1. The summed E-state index contributed by atoms with van der Waals surface area (Å²) in [6.45, 7) is 5.19. The van der Waals surface area contributed by atoms with Crippen molar-refractivity contribution in [3.63, 3.8) is 0 Å². The van der Waals surface area contributed by atoms with Crippen LogP contribution in [0.5, 0.6) is 5.75 Å². The maximum absolute atomic E-state index is 6.16. The third-order valence-corrected chi connectivity index (χ3v) is 6.48. The average molecular weight is 435 g/mol. The highest BCUT2D eigenvalue weighted by Gasteiger charge is 2.27. The number of likely N-dealkylation sites (tertiary alicyclic amines) is 1. The first-order valence-electron chi connectivity index (χ1n) is 11.0. The second kappa shape index (κ2) is 10.3. The van der Waals surface area contributed by atoms with Gasteiger partial charge in [0.1, 0.15) is 5.75 Å². The maximum Gasteiger partial charge on any atom is 0.118 e. The first-order valence-corrected chi connectivity index (χ1v) is 11.4. The minimum Gasteiger partial charge on any atom is -0.497 e. The number of nitrogens with one attached hydrogen (secondary N) is 1. The molecular weight excluding hydrogens is 404 g/mol. The Morgan fingerprint density at radius 3 is 2.06 bits per heavy atom. The second-order valence-corrected chi connectivity index (χ2v) is 8.84. The first kappa shape index (κ1) is 21.9. The highest BCUT2D eigenvalue weighted by Crippen LogP contribution is 2.32. The van der Waals surface area contributed by atoms with Crippen LogP contribution in [0.2, 0.25) is 5.02 Å². The Kier molecular flexibility index (Phi) is 7.29. The van der Waals surface area contributed by atoms with Crippen LogP contribution < -0.4 is 10.1 Å². The van der Waals surface area contributed by atoms with Crippen LogP contribution in [0.25, 0.3) is 0 Å². The van der Waals surface area contributed by atoms with Crippen molar-refractivity contribution in [1.29, 1.82) is 0 Å². The van der Waals surface area contributed by atoms with Crippen molar-refractivity contribution in [2.45, 2.75) is 38.4 Å². The van der Waals surface area contributed by atoms with Crippen LogP contribution in [0.3, 0.4) is 0 Å². The molecule has 1 aliphatic heterocycles. The third kappa shape index (κ3) is 5.68. The fourth-order valence-corrected chi connectivity index (χ4v) is 4.50. The molecule has 3 nitrogen and oxygen atoms in total. The molecular formula is C27H31ClN2O.